The molecule has 3 rings (SSSR count). The summed E-state index contributed by atoms with van der Waals surface area (Å²) in [6.07, 6.45) is 0. The van der Waals surface area contributed by atoms with Gasteiger partial charge in [-0.05, 0) is 28.8 Å². The zero-order valence-corrected chi connectivity index (χ0v) is 14.6. The van der Waals surface area contributed by atoms with Crippen LogP contribution in [0.1, 0.15) is 22.7 Å². The lowest BCUT2D eigenvalue weighted by Crippen LogP contribution is -2.22. The molecule has 0 atom stereocenters. The second-order valence-corrected chi connectivity index (χ2v) is 5.86. The molecule has 0 radical (unpaired) electrons. The molecule has 0 aliphatic rings. The Morgan fingerprint density at radius 2 is 1.20 bits per heavy atom. The first-order valence-electron chi connectivity index (χ1n) is 8.35. The third-order valence-corrected chi connectivity index (χ3v) is 4.19. The Bertz CT molecular complexity index is 726. The fourth-order valence-corrected chi connectivity index (χ4v) is 2.91. The maximum absolute atomic E-state index is 5.37. The van der Waals surface area contributed by atoms with Gasteiger partial charge in [0.1, 0.15) is 11.5 Å². The van der Waals surface area contributed by atoms with Gasteiger partial charge in [-0.25, -0.2) is 0 Å². The lowest BCUT2D eigenvalue weighted by atomic mass is 9.98. The smallest absolute Gasteiger partial charge is 0.122 e. The van der Waals surface area contributed by atoms with Crippen LogP contribution in [0.3, 0.4) is 0 Å². The highest BCUT2D eigenvalue weighted by Gasteiger charge is 2.13. The average molecular weight is 333 g/mol. The van der Waals surface area contributed by atoms with Crippen LogP contribution < -0.4 is 14.8 Å². The van der Waals surface area contributed by atoms with Crippen LogP contribution in [-0.4, -0.2) is 14.2 Å². The van der Waals surface area contributed by atoms with E-state index in [-0.39, 0.29) is 6.04 Å². The third-order valence-electron chi connectivity index (χ3n) is 4.19. The molecule has 3 heteroatoms. The summed E-state index contributed by atoms with van der Waals surface area (Å²) >= 11 is 0. The molecule has 128 valence electrons. The summed E-state index contributed by atoms with van der Waals surface area (Å²) in [6, 6.07) is 27.0. The van der Waals surface area contributed by atoms with Gasteiger partial charge in [-0.1, -0.05) is 60.7 Å². The van der Waals surface area contributed by atoms with Crippen LogP contribution in [0.15, 0.2) is 78.9 Å². The van der Waals surface area contributed by atoms with Gasteiger partial charge >= 0.3 is 0 Å². The standard InChI is InChI=1S/C22H23NO2/c1-24-20-13-17(14-21(15-20)25-2)16-23-22(18-9-5-3-6-10-18)19-11-7-4-8-12-19/h3-15,22-23H,16H2,1-2H3. The van der Waals surface area contributed by atoms with E-state index < -0.39 is 0 Å². The zero-order chi connectivity index (χ0) is 17.5. The van der Waals surface area contributed by atoms with Gasteiger partial charge in [-0.2, -0.15) is 0 Å². The molecule has 1 N–H and O–H groups in total. The van der Waals surface area contributed by atoms with Crippen molar-refractivity contribution in [2.24, 2.45) is 0 Å². The lowest BCUT2D eigenvalue weighted by Gasteiger charge is -2.20. The lowest BCUT2D eigenvalue weighted by molar-refractivity contribution is 0.393. The highest BCUT2D eigenvalue weighted by Crippen LogP contribution is 2.25. The highest BCUT2D eigenvalue weighted by molar-refractivity contribution is 5.39. The molecule has 0 amide bonds. The van der Waals surface area contributed by atoms with Crippen LogP contribution >= 0.6 is 0 Å². The van der Waals surface area contributed by atoms with Gasteiger partial charge in [0.25, 0.3) is 0 Å². The van der Waals surface area contributed by atoms with E-state index in [9.17, 15) is 0 Å². The Morgan fingerprint density at radius 1 is 0.720 bits per heavy atom. The molecule has 0 unspecified atom stereocenters. The first-order chi connectivity index (χ1) is 12.3. The molecule has 0 fully saturated rings. The van der Waals surface area contributed by atoms with Crippen molar-refractivity contribution < 1.29 is 9.47 Å². The molecule has 25 heavy (non-hydrogen) atoms. The van der Waals surface area contributed by atoms with E-state index in [1.807, 2.05) is 30.3 Å². The molecule has 0 aromatic heterocycles. The van der Waals surface area contributed by atoms with E-state index in [1.54, 1.807) is 14.2 Å². The number of rotatable bonds is 7. The Morgan fingerprint density at radius 3 is 1.64 bits per heavy atom. The fraction of sp³-hybridized carbons (Fsp3) is 0.182. The number of nitrogens with one attached hydrogen (secondary N) is 1. The summed E-state index contributed by atoms with van der Waals surface area (Å²) in [5.41, 5.74) is 3.60. The van der Waals surface area contributed by atoms with Gasteiger partial charge in [0.05, 0.1) is 20.3 Å². The van der Waals surface area contributed by atoms with Gasteiger partial charge in [0, 0.05) is 12.6 Å². The van der Waals surface area contributed by atoms with E-state index in [0.29, 0.717) is 6.54 Å². The molecule has 3 aromatic carbocycles. The van der Waals surface area contributed by atoms with Crippen LogP contribution in [0.2, 0.25) is 0 Å². The minimum absolute atomic E-state index is 0.125. The first kappa shape index (κ1) is 17.1. The largest absolute Gasteiger partial charge is 0.497 e. The Kier molecular flexibility index (Phi) is 5.70. The maximum atomic E-state index is 5.37. The molecule has 3 aromatic rings. The number of hydrogen-bond acceptors (Lipinski definition) is 3. The number of methoxy groups -OCH3 is 2. The van der Waals surface area contributed by atoms with E-state index >= 15 is 0 Å². The fourth-order valence-electron chi connectivity index (χ4n) is 2.91. The molecular formula is C22H23NO2. The minimum Gasteiger partial charge on any atom is -0.497 e. The third kappa shape index (κ3) is 4.40. The van der Waals surface area contributed by atoms with Crippen molar-refractivity contribution in [3.8, 4) is 11.5 Å². The van der Waals surface area contributed by atoms with Gasteiger partial charge < -0.3 is 14.8 Å². The summed E-state index contributed by atoms with van der Waals surface area (Å²) in [4.78, 5) is 0. The Labute approximate surface area is 149 Å². The maximum Gasteiger partial charge on any atom is 0.122 e. The SMILES string of the molecule is COc1cc(CNC(c2ccccc2)c2ccccc2)cc(OC)c1. The summed E-state index contributed by atoms with van der Waals surface area (Å²) in [5.74, 6) is 1.60. The van der Waals surface area contributed by atoms with Crippen molar-refractivity contribution in [1.82, 2.24) is 5.32 Å². The molecule has 0 saturated carbocycles. The molecule has 0 bridgehead atoms. The van der Waals surface area contributed by atoms with E-state index in [1.165, 1.54) is 11.1 Å². The molecule has 0 saturated heterocycles. The molecule has 3 nitrogen and oxygen atoms in total. The van der Waals surface area contributed by atoms with Crippen molar-refractivity contribution in [3.63, 3.8) is 0 Å². The van der Waals surface area contributed by atoms with Crippen molar-refractivity contribution in [1.29, 1.82) is 0 Å². The zero-order valence-electron chi connectivity index (χ0n) is 14.6. The van der Waals surface area contributed by atoms with Crippen molar-refractivity contribution in [2.75, 3.05) is 14.2 Å². The van der Waals surface area contributed by atoms with Crippen LogP contribution in [-0.2, 0) is 6.54 Å². The van der Waals surface area contributed by atoms with E-state index in [0.717, 1.165) is 17.1 Å². The molecule has 0 heterocycles. The second-order valence-electron chi connectivity index (χ2n) is 5.86. The van der Waals surface area contributed by atoms with Gasteiger partial charge in [-0.15, -0.1) is 0 Å². The predicted octanol–water partition coefficient (Wildman–Crippen LogP) is 4.58. The second kappa shape index (κ2) is 8.36. The minimum atomic E-state index is 0.125. The molecule has 0 spiro atoms. The van der Waals surface area contributed by atoms with Gasteiger partial charge in [0.2, 0.25) is 0 Å². The quantitative estimate of drug-likeness (QED) is 0.686. The molecular weight excluding hydrogens is 310 g/mol. The molecule has 0 aliphatic heterocycles. The number of hydrogen-bond donors (Lipinski definition) is 1. The number of benzene rings is 3. The topological polar surface area (TPSA) is 30.5 Å². The van der Waals surface area contributed by atoms with Crippen LogP contribution in [0, 0.1) is 0 Å². The summed E-state index contributed by atoms with van der Waals surface area (Å²) in [6.45, 7) is 0.710. The Balaban J connectivity index is 1.84. The van der Waals surface area contributed by atoms with E-state index in [2.05, 4.69) is 53.8 Å². The van der Waals surface area contributed by atoms with Gasteiger partial charge in [0.15, 0.2) is 0 Å². The van der Waals surface area contributed by atoms with Gasteiger partial charge in [-0.3, -0.25) is 0 Å². The first-order valence-corrected chi connectivity index (χ1v) is 8.35. The normalized spacial score (nSPS) is 10.7. The van der Waals surface area contributed by atoms with Crippen molar-refractivity contribution in [2.45, 2.75) is 12.6 Å². The average Bonchev–Trinajstić information content (AvgIpc) is 2.69. The predicted molar refractivity (Wildman–Crippen MR) is 101 cm³/mol. The highest BCUT2D eigenvalue weighted by atomic mass is 16.5. The summed E-state index contributed by atoms with van der Waals surface area (Å²) in [5, 5.41) is 3.66. The number of ether oxygens (including phenoxy) is 2. The van der Waals surface area contributed by atoms with Crippen molar-refractivity contribution >= 4 is 0 Å². The monoisotopic (exact) mass is 333 g/mol. The van der Waals surface area contributed by atoms with Crippen LogP contribution in [0.5, 0.6) is 11.5 Å². The van der Waals surface area contributed by atoms with Crippen molar-refractivity contribution in [3.05, 3.63) is 95.6 Å². The molecule has 0 aliphatic carbocycles. The van der Waals surface area contributed by atoms with Crippen LogP contribution in [0.4, 0.5) is 0 Å². The summed E-state index contributed by atoms with van der Waals surface area (Å²) < 4.78 is 10.7. The van der Waals surface area contributed by atoms with E-state index in [4.69, 9.17) is 9.47 Å². The Hall–Kier alpha value is -2.78. The summed E-state index contributed by atoms with van der Waals surface area (Å²) in [7, 11) is 3.34. The van der Waals surface area contributed by atoms with Crippen LogP contribution in [0.25, 0.3) is 0 Å².